The van der Waals surface area contributed by atoms with Gasteiger partial charge in [-0.05, 0) is 93.8 Å². The molecule has 1 aromatic rings. The van der Waals surface area contributed by atoms with E-state index < -0.39 is 33.2 Å². The van der Waals surface area contributed by atoms with Crippen molar-refractivity contribution in [2.75, 3.05) is 0 Å². The summed E-state index contributed by atoms with van der Waals surface area (Å²) in [7, 11) is 0. The van der Waals surface area contributed by atoms with E-state index in [2.05, 4.69) is 60.6 Å². The number of hydrogen-bond donors (Lipinski definition) is 0. The van der Waals surface area contributed by atoms with Crippen LogP contribution in [0.25, 0.3) is 0 Å². The van der Waals surface area contributed by atoms with Crippen LogP contribution in [-0.2, 0) is 14.4 Å². The summed E-state index contributed by atoms with van der Waals surface area (Å²) in [6, 6.07) is 8.86. The van der Waals surface area contributed by atoms with E-state index in [1.54, 1.807) is 24.3 Å². The predicted octanol–water partition coefficient (Wildman–Crippen LogP) is 8.40. The van der Waals surface area contributed by atoms with Crippen LogP contribution in [0.2, 0.25) is 0 Å². The predicted molar refractivity (Wildman–Crippen MR) is 167 cm³/mol. The van der Waals surface area contributed by atoms with Crippen molar-refractivity contribution in [1.29, 1.82) is 0 Å². The van der Waals surface area contributed by atoms with Crippen LogP contribution in [0.1, 0.15) is 111 Å². The average molecular weight is 571 g/mol. The molecule has 0 heterocycles. The summed E-state index contributed by atoms with van der Waals surface area (Å²) >= 11 is 0. The van der Waals surface area contributed by atoms with E-state index >= 15 is 14.4 Å². The molecule has 42 heavy (non-hydrogen) atoms. The van der Waals surface area contributed by atoms with Crippen LogP contribution in [0.3, 0.4) is 0 Å². The second-order valence-corrected chi connectivity index (χ2v) is 15.8. The Labute approximate surface area is 252 Å². The first-order valence-corrected chi connectivity index (χ1v) is 16.1. The van der Waals surface area contributed by atoms with Gasteiger partial charge in [-0.3, -0.25) is 19.2 Å². The maximum atomic E-state index is 15.4. The number of hydrogen-bond acceptors (Lipinski definition) is 4. The monoisotopic (exact) mass is 570 g/mol. The average Bonchev–Trinajstić information content (AvgIpc) is 3.07. The van der Waals surface area contributed by atoms with Crippen LogP contribution < -0.4 is 0 Å². The molecule has 5 aliphatic carbocycles. The second-order valence-electron chi connectivity index (χ2n) is 15.8. The standard InChI is InChI=1S/C38H50O4/c1-23(2)14-13-15-25(5)18-19-36-21-27-20-29-34(6,7)28(24(3)4)22-37(29,31(36)40)33(42)38(32(36)41,35(27,8)9)30(39)26-16-11-10-12-17-26/h10-12,14,16-18,24,27-29H,13,15,19-22H2,1-9H3/t27-,28-,29-,36-,37+,38-/m1/s1. The molecule has 0 radical (unpaired) electrons. The maximum Gasteiger partial charge on any atom is 0.184 e. The highest BCUT2D eigenvalue weighted by molar-refractivity contribution is 6.42. The first kappa shape index (κ1) is 30.8. The summed E-state index contributed by atoms with van der Waals surface area (Å²) < 4.78 is 0. The van der Waals surface area contributed by atoms with Crippen molar-refractivity contribution < 1.29 is 19.2 Å². The molecule has 0 unspecified atom stereocenters. The molecule has 0 N–H and O–H groups in total. The Morgan fingerprint density at radius 3 is 2.14 bits per heavy atom. The van der Waals surface area contributed by atoms with E-state index in [1.165, 1.54) is 5.57 Å². The van der Waals surface area contributed by atoms with Crippen LogP contribution in [0, 0.1) is 50.7 Å². The molecule has 4 nitrogen and oxygen atoms in total. The molecule has 226 valence electrons. The number of carbonyl (C=O) groups excluding carboxylic acids is 4. The Morgan fingerprint density at radius 2 is 1.55 bits per heavy atom. The third-order valence-corrected chi connectivity index (χ3v) is 12.5. The zero-order valence-electron chi connectivity index (χ0n) is 27.2. The quantitative estimate of drug-likeness (QED) is 0.179. The van der Waals surface area contributed by atoms with Crippen molar-refractivity contribution in [3.8, 4) is 0 Å². The molecule has 5 aliphatic rings. The fourth-order valence-electron chi connectivity index (χ4n) is 10.2. The number of ketones is 4. The van der Waals surface area contributed by atoms with Crippen molar-refractivity contribution in [3.63, 3.8) is 0 Å². The van der Waals surface area contributed by atoms with Gasteiger partial charge in [0.05, 0.1) is 10.8 Å². The van der Waals surface area contributed by atoms with Crippen molar-refractivity contribution in [3.05, 3.63) is 59.2 Å². The highest BCUT2D eigenvalue weighted by Crippen LogP contribution is 2.77. The molecule has 4 heteroatoms. The third kappa shape index (κ3) is 3.78. The highest BCUT2D eigenvalue weighted by Gasteiger charge is 2.86. The topological polar surface area (TPSA) is 68.3 Å². The summed E-state index contributed by atoms with van der Waals surface area (Å²) in [4.78, 5) is 60.7. The molecule has 4 bridgehead atoms. The first-order chi connectivity index (χ1) is 19.5. The lowest BCUT2D eigenvalue weighted by Gasteiger charge is -2.60. The number of benzene rings is 1. The highest BCUT2D eigenvalue weighted by atomic mass is 16.2. The van der Waals surface area contributed by atoms with Gasteiger partial charge in [-0.15, -0.1) is 0 Å². The van der Waals surface area contributed by atoms with E-state index in [0.717, 1.165) is 18.4 Å². The maximum absolute atomic E-state index is 15.4. The van der Waals surface area contributed by atoms with Crippen LogP contribution >= 0.6 is 0 Å². The van der Waals surface area contributed by atoms with E-state index in [4.69, 9.17) is 0 Å². The SMILES string of the molecule is CC(C)=CCCC(C)=CC[C@@]12C[C@H]3C[C@@H]4C(C)(C)[C@@H](C(C)C)C[C@]4(C1=O)C(=O)[C@@](C(=O)c1ccccc1)(C2=O)C3(C)C. The third-order valence-electron chi connectivity index (χ3n) is 12.5. The lowest BCUT2D eigenvalue weighted by molar-refractivity contribution is -0.181. The molecule has 1 aromatic carbocycles. The minimum Gasteiger partial charge on any atom is -0.297 e. The minimum atomic E-state index is -1.87. The van der Waals surface area contributed by atoms with Gasteiger partial charge in [0.25, 0.3) is 0 Å². The van der Waals surface area contributed by atoms with Crippen LogP contribution in [0.4, 0.5) is 0 Å². The molecule has 0 amide bonds. The van der Waals surface area contributed by atoms with E-state index in [1.807, 2.05) is 19.9 Å². The van der Waals surface area contributed by atoms with Crippen molar-refractivity contribution in [2.45, 2.75) is 101 Å². The fraction of sp³-hybridized carbons (Fsp3) is 0.632. The van der Waals surface area contributed by atoms with E-state index in [-0.39, 0.29) is 47.1 Å². The van der Waals surface area contributed by atoms with Gasteiger partial charge in [-0.2, -0.15) is 0 Å². The fourth-order valence-corrected chi connectivity index (χ4v) is 10.2. The Bertz CT molecular complexity index is 1390. The van der Waals surface area contributed by atoms with E-state index in [0.29, 0.717) is 24.8 Å². The molecule has 5 saturated carbocycles. The number of carbonyl (C=O) groups is 4. The summed E-state index contributed by atoms with van der Waals surface area (Å²) in [5.41, 5.74) is -2.93. The molecular formula is C38H50O4. The number of rotatable bonds is 8. The smallest absolute Gasteiger partial charge is 0.184 e. The Morgan fingerprint density at radius 1 is 0.905 bits per heavy atom. The molecule has 0 aromatic heterocycles. The first-order valence-electron chi connectivity index (χ1n) is 16.1. The van der Waals surface area contributed by atoms with Gasteiger partial charge in [0.2, 0.25) is 0 Å². The molecule has 5 fully saturated rings. The molecule has 6 atom stereocenters. The Hall–Kier alpha value is -2.62. The normalized spacial score (nSPS) is 36.3. The van der Waals surface area contributed by atoms with Gasteiger partial charge in [-0.1, -0.05) is 95.2 Å². The number of Topliss-reactive ketones (excluding diaryl/α,β-unsaturated/α-hetero) is 4. The zero-order valence-corrected chi connectivity index (χ0v) is 27.2. The summed E-state index contributed by atoms with van der Waals surface area (Å²) in [6.07, 6.45) is 7.86. The molecule has 1 spiro atoms. The van der Waals surface area contributed by atoms with Crippen molar-refractivity contribution >= 4 is 23.1 Å². The van der Waals surface area contributed by atoms with Crippen molar-refractivity contribution in [1.82, 2.24) is 0 Å². The molecule has 0 aliphatic heterocycles. The molecule has 0 saturated heterocycles. The summed E-state index contributed by atoms with van der Waals surface area (Å²) in [5, 5.41) is 0. The van der Waals surface area contributed by atoms with Crippen LogP contribution in [0.5, 0.6) is 0 Å². The minimum absolute atomic E-state index is 0.102. The van der Waals surface area contributed by atoms with Crippen LogP contribution in [0.15, 0.2) is 53.6 Å². The Balaban J connectivity index is 1.77. The summed E-state index contributed by atoms with van der Waals surface area (Å²) in [5.74, 6) is -1.26. The van der Waals surface area contributed by atoms with Crippen LogP contribution in [-0.4, -0.2) is 23.1 Å². The lowest BCUT2D eigenvalue weighted by atomic mass is 9.37. The van der Waals surface area contributed by atoms with Gasteiger partial charge in [-0.25, -0.2) is 0 Å². The van der Waals surface area contributed by atoms with Crippen molar-refractivity contribution in [2.24, 2.45) is 50.7 Å². The van der Waals surface area contributed by atoms with E-state index in [9.17, 15) is 4.79 Å². The van der Waals surface area contributed by atoms with Gasteiger partial charge in [0.15, 0.2) is 28.5 Å². The largest absolute Gasteiger partial charge is 0.297 e. The Kier molecular flexibility index (Phi) is 7.31. The molecule has 6 rings (SSSR count). The van der Waals surface area contributed by atoms with Gasteiger partial charge in [0.1, 0.15) is 0 Å². The molecular weight excluding hydrogens is 520 g/mol. The lowest BCUT2D eigenvalue weighted by Crippen LogP contribution is -2.75. The van der Waals surface area contributed by atoms with Gasteiger partial charge >= 0.3 is 0 Å². The number of allylic oxidation sites excluding steroid dienone is 4. The second kappa shape index (κ2) is 9.96. The zero-order chi connectivity index (χ0) is 31.0. The van der Waals surface area contributed by atoms with Gasteiger partial charge < -0.3 is 0 Å². The van der Waals surface area contributed by atoms with Gasteiger partial charge in [0, 0.05) is 5.56 Å². The summed E-state index contributed by atoms with van der Waals surface area (Å²) in [6.45, 7) is 19.0.